The molecule has 2 unspecified atom stereocenters. The molecule has 1 aromatic rings. The third-order valence-corrected chi connectivity index (χ3v) is 4.21. The van der Waals surface area contributed by atoms with Gasteiger partial charge in [-0.05, 0) is 38.0 Å². The topological polar surface area (TPSA) is 69.6 Å². The first-order chi connectivity index (χ1) is 9.40. The Balaban J connectivity index is 2.20. The Morgan fingerprint density at radius 1 is 1.55 bits per heavy atom. The van der Waals surface area contributed by atoms with Crippen molar-refractivity contribution in [3.8, 4) is 0 Å². The summed E-state index contributed by atoms with van der Waals surface area (Å²) in [6, 6.07) is 0.0506. The largest absolute Gasteiger partial charge is 0.391 e. The summed E-state index contributed by atoms with van der Waals surface area (Å²) in [6.07, 6.45) is 0.194. The molecule has 7 heteroatoms. The summed E-state index contributed by atoms with van der Waals surface area (Å²) in [4.78, 5) is 17.1. The summed E-state index contributed by atoms with van der Waals surface area (Å²) in [5.74, 6) is 0.125. The Morgan fingerprint density at radius 2 is 2.25 bits per heavy atom. The van der Waals surface area contributed by atoms with Gasteiger partial charge in [-0.15, -0.1) is 5.10 Å². The number of carbonyl (C=O) groups excluding carboxylic acids is 1. The van der Waals surface area contributed by atoms with Gasteiger partial charge in [-0.25, -0.2) is 0 Å². The molecule has 1 fully saturated rings. The molecule has 1 aromatic heterocycles. The highest BCUT2D eigenvalue weighted by molar-refractivity contribution is 7.08. The van der Waals surface area contributed by atoms with E-state index in [0.29, 0.717) is 17.8 Å². The average Bonchev–Trinajstić information content (AvgIpc) is 2.94. The van der Waals surface area contributed by atoms with E-state index < -0.39 is 6.10 Å². The van der Waals surface area contributed by atoms with Crippen LogP contribution in [0.25, 0.3) is 0 Å². The molecule has 2 atom stereocenters. The van der Waals surface area contributed by atoms with Crippen LogP contribution >= 0.6 is 11.5 Å². The Hall–Kier alpha value is -1.05. The van der Waals surface area contributed by atoms with E-state index in [4.69, 9.17) is 0 Å². The van der Waals surface area contributed by atoms with Crippen LogP contribution in [0.1, 0.15) is 41.6 Å². The molecule has 1 saturated heterocycles. The highest BCUT2D eigenvalue weighted by atomic mass is 32.1. The molecular formula is C13H22N4O2S. The van der Waals surface area contributed by atoms with Crippen molar-refractivity contribution in [3.05, 3.63) is 10.6 Å². The smallest absolute Gasteiger partial charge is 0.267 e. The number of hydrogen-bond acceptors (Lipinski definition) is 6. The molecule has 1 aliphatic heterocycles. The molecule has 0 bridgehead atoms. The van der Waals surface area contributed by atoms with Crippen LogP contribution in [-0.2, 0) is 0 Å². The van der Waals surface area contributed by atoms with Crippen molar-refractivity contribution in [2.75, 3.05) is 27.2 Å². The Kier molecular flexibility index (Phi) is 4.72. The van der Waals surface area contributed by atoms with Crippen molar-refractivity contribution >= 4 is 17.4 Å². The number of nitrogens with zero attached hydrogens (tertiary/aromatic N) is 4. The van der Waals surface area contributed by atoms with Gasteiger partial charge in [0.2, 0.25) is 0 Å². The summed E-state index contributed by atoms with van der Waals surface area (Å²) in [5, 5.41) is 13.9. The maximum absolute atomic E-state index is 12.7. The van der Waals surface area contributed by atoms with Crippen LogP contribution in [0.5, 0.6) is 0 Å². The summed E-state index contributed by atoms with van der Waals surface area (Å²) >= 11 is 1.15. The summed E-state index contributed by atoms with van der Waals surface area (Å²) in [5.41, 5.74) is 0.755. The van der Waals surface area contributed by atoms with Crippen molar-refractivity contribution < 1.29 is 9.90 Å². The lowest BCUT2D eigenvalue weighted by Crippen LogP contribution is -2.41. The Morgan fingerprint density at radius 3 is 2.85 bits per heavy atom. The van der Waals surface area contributed by atoms with Crippen molar-refractivity contribution in [2.24, 2.45) is 0 Å². The molecule has 6 nitrogen and oxygen atoms in total. The normalized spacial score (nSPS) is 23.1. The van der Waals surface area contributed by atoms with E-state index in [-0.39, 0.29) is 17.9 Å². The molecule has 112 valence electrons. The maximum Gasteiger partial charge on any atom is 0.267 e. The van der Waals surface area contributed by atoms with Crippen molar-refractivity contribution in [1.29, 1.82) is 0 Å². The number of likely N-dealkylation sites (tertiary alicyclic amines) is 1. The third kappa shape index (κ3) is 3.16. The average molecular weight is 298 g/mol. The third-order valence-electron chi connectivity index (χ3n) is 3.48. The molecule has 0 aliphatic carbocycles. The van der Waals surface area contributed by atoms with Gasteiger partial charge in [0.25, 0.3) is 5.91 Å². The van der Waals surface area contributed by atoms with E-state index in [0.717, 1.165) is 23.8 Å². The van der Waals surface area contributed by atoms with E-state index in [1.807, 2.05) is 32.8 Å². The van der Waals surface area contributed by atoms with Gasteiger partial charge in [-0.1, -0.05) is 18.3 Å². The van der Waals surface area contributed by atoms with Gasteiger partial charge in [0, 0.05) is 19.1 Å². The predicted molar refractivity (Wildman–Crippen MR) is 78.0 cm³/mol. The number of aromatic nitrogens is 2. The number of hydrogen-bond donors (Lipinski definition) is 1. The minimum Gasteiger partial charge on any atom is -0.391 e. The van der Waals surface area contributed by atoms with Crippen LogP contribution in [0.15, 0.2) is 0 Å². The van der Waals surface area contributed by atoms with Crippen LogP contribution in [0.4, 0.5) is 0 Å². The highest BCUT2D eigenvalue weighted by Gasteiger charge is 2.36. The fourth-order valence-corrected chi connectivity index (χ4v) is 3.37. The number of likely N-dealkylation sites (N-methyl/N-ethyl adjacent to an activating group) is 1. The second kappa shape index (κ2) is 6.15. The zero-order valence-electron chi connectivity index (χ0n) is 12.4. The lowest BCUT2D eigenvalue weighted by Gasteiger charge is -2.26. The number of rotatable bonds is 4. The van der Waals surface area contributed by atoms with Crippen molar-refractivity contribution in [1.82, 2.24) is 19.4 Å². The first-order valence-corrected chi connectivity index (χ1v) is 7.63. The lowest BCUT2D eigenvalue weighted by molar-refractivity contribution is 0.0702. The van der Waals surface area contributed by atoms with Gasteiger partial charge < -0.3 is 14.9 Å². The number of carbonyl (C=O) groups is 1. The number of aliphatic hydroxyl groups excluding tert-OH is 1. The monoisotopic (exact) mass is 298 g/mol. The van der Waals surface area contributed by atoms with E-state index in [2.05, 4.69) is 9.59 Å². The fraction of sp³-hybridized carbons (Fsp3) is 0.769. The van der Waals surface area contributed by atoms with E-state index >= 15 is 0 Å². The standard InChI is InChI=1S/C13H22N4O2S/c1-8(2)11-12(20-15-14-11)13(19)17-7-10(18)5-9(17)6-16(3)4/h8-10,18H,5-7H2,1-4H3. The Bertz CT molecular complexity index is 475. The number of amides is 1. The maximum atomic E-state index is 12.7. The molecule has 1 amide bonds. The molecule has 2 rings (SSSR count). The zero-order chi connectivity index (χ0) is 14.9. The van der Waals surface area contributed by atoms with Gasteiger partial charge >= 0.3 is 0 Å². The molecule has 1 N–H and O–H groups in total. The van der Waals surface area contributed by atoms with E-state index in [1.54, 1.807) is 4.90 Å². The molecule has 0 radical (unpaired) electrons. The van der Waals surface area contributed by atoms with E-state index in [9.17, 15) is 9.90 Å². The van der Waals surface area contributed by atoms with Gasteiger partial charge in [-0.3, -0.25) is 4.79 Å². The molecule has 0 saturated carbocycles. The van der Waals surface area contributed by atoms with Crippen LogP contribution < -0.4 is 0 Å². The first kappa shape index (κ1) is 15.3. The highest BCUT2D eigenvalue weighted by Crippen LogP contribution is 2.26. The quantitative estimate of drug-likeness (QED) is 0.890. The minimum atomic E-state index is -0.438. The summed E-state index contributed by atoms with van der Waals surface area (Å²) in [7, 11) is 3.95. The SMILES string of the molecule is CC(C)c1nnsc1C(=O)N1CC(O)CC1CN(C)C. The van der Waals surface area contributed by atoms with E-state index in [1.165, 1.54) is 0 Å². The van der Waals surface area contributed by atoms with Gasteiger partial charge in [0.05, 0.1) is 11.8 Å². The second-order valence-corrected chi connectivity index (χ2v) is 6.66. The number of β-amino-alcohol motifs (C(OH)–C–C–N with tert-alkyl or cyclic N) is 1. The summed E-state index contributed by atoms with van der Waals surface area (Å²) in [6.45, 7) is 5.16. The molecule has 2 heterocycles. The lowest BCUT2D eigenvalue weighted by atomic mass is 10.1. The zero-order valence-corrected chi connectivity index (χ0v) is 13.2. The Labute approximate surface area is 123 Å². The fourth-order valence-electron chi connectivity index (χ4n) is 2.59. The second-order valence-electron chi connectivity index (χ2n) is 5.91. The molecule has 0 spiro atoms. The van der Waals surface area contributed by atoms with Crippen LogP contribution in [0.3, 0.4) is 0 Å². The van der Waals surface area contributed by atoms with Gasteiger partial charge in [-0.2, -0.15) is 0 Å². The van der Waals surface area contributed by atoms with Gasteiger partial charge in [0.15, 0.2) is 0 Å². The first-order valence-electron chi connectivity index (χ1n) is 6.86. The van der Waals surface area contributed by atoms with Crippen molar-refractivity contribution in [3.63, 3.8) is 0 Å². The van der Waals surface area contributed by atoms with Gasteiger partial charge in [0.1, 0.15) is 4.88 Å². The molecular weight excluding hydrogens is 276 g/mol. The number of aliphatic hydroxyl groups is 1. The predicted octanol–water partition coefficient (Wildman–Crippen LogP) is 0.798. The molecule has 1 aliphatic rings. The van der Waals surface area contributed by atoms with Crippen LogP contribution in [0.2, 0.25) is 0 Å². The summed E-state index contributed by atoms with van der Waals surface area (Å²) < 4.78 is 3.91. The molecule has 20 heavy (non-hydrogen) atoms. The van der Waals surface area contributed by atoms with Crippen LogP contribution in [0, 0.1) is 0 Å². The minimum absolute atomic E-state index is 0.0490. The van der Waals surface area contributed by atoms with Crippen molar-refractivity contribution in [2.45, 2.75) is 38.3 Å². The van der Waals surface area contributed by atoms with Crippen LogP contribution in [-0.4, -0.2) is 69.7 Å². The molecule has 0 aromatic carbocycles.